The second-order valence-corrected chi connectivity index (χ2v) is 5.65. The highest BCUT2D eigenvalue weighted by Crippen LogP contribution is 2.27. The van der Waals surface area contributed by atoms with Gasteiger partial charge in [-0.15, -0.1) is 0 Å². The van der Waals surface area contributed by atoms with Crippen molar-refractivity contribution in [3.05, 3.63) is 0 Å². The largest absolute Gasteiger partial charge is 0.330 e. The Balaban J connectivity index is 2.51. The molecule has 1 rings (SSSR count). The van der Waals surface area contributed by atoms with E-state index in [0.717, 1.165) is 19.3 Å². The quantitative estimate of drug-likeness (QED) is 0.730. The molecule has 2 N–H and O–H groups in total. The molecule has 1 atom stereocenters. The first-order chi connectivity index (χ1) is 7.65. The fourth-order valence-corrected chi connectivity index (χ4v) is 2.79. The van der Waals surface area contributed by atoms with E-state index in [1.807, 2.05) is 0 Å². The molecule has 1 saturated carbocycles. The second kappa shape index (κ2) is 7.05. The molecule has 2 heteroatoms. The van der Waals surface area contributed by atoms with Gasteiger partial charge in [0.15, 0.2) is 0 Å². The Bertz CT molecular complexity index is 201. The van der Waals surface area contributed by atoms with E-state index in [2.05, 4.69) is 13.8 Å². The number of ketones is 1. The van der Waals surface area contributed by atoms with Crippen molar-refractivity contribution in [2.75, 3.05) is 6.54 Å². The molecule has 1 unspecified atom stereocenters. The molecule has 1 aliphatic carbocycles. The molecular weight excluding hydrogens is 198 g/mol. The third-order valence-electron chi connectivity index (χ3n) is 3.70. The highest BCUT2D eigenvalue weighted by molar-refractivity contribution is 5.83. The van der Waals surface area contributed by atoms with E-state index in [9.17, 15) is 4.79 Å². The highest BCUT2D eigenvalue weighted by Gasteiger charge is 2.26. The van der Waals surface area contributed by atoms with Crippen LogP contribution in [0.3, 0.4) is 0 Å². The summed E-state index contributed by atoms with van der Waals surface area (Å²) in [4.78, 5) is 12.3. The maximum atomic E-state index is 12.3. The van der Waals surface area contributed by atoms with Gasteiger partial charge in [-0.3, -0.25) is 4.79 Å². The molecule has 1 fully saturated rings. The van der Waals surface area contributed by atoms with Gasteiger partial charge in [-0.1, -0.05) is 39.5 Å². The summed E-state index contributed by atoms with van der Waals surface area (Å²) in [5, 5.41) is 0. The topological polar surface area (TPSA) is 43.1 Å². The smallest absolute Gasteiger partial charge is 0.140 e. The van der Waals surface area contributed by atoms with E-state index in [4.69, 9.17) is 5.73 Å². The number of hydrogen-bond donors (Lipinski definition) is 1. The van der Waals surface area contributed by atoms with E-state index < -0.39 is 0 Å². The number of Topliss-reactive ketones (excluding diaryl/α,β-unsaturated/α-hetero) is 1. The van der Waals surface area contributed by atoms with Crippen LogP contribution in [-0.4, -0.2) is 12.3 Å². The lowest BCUT2D eigenvalue weighted by atomic mass is 9.83. The number of rotatable bonds is 5. The van der Waals surface area contributed by atoms with Crippen LogP contribution in [-0.2, 0) is 4.79 Å². The van der Waals surface area contributed by atoms with Crippen LogP contribution in [0, 0.1) is 17.8 Å². The van der Waals surface area contributed by atoms with Crippen LogP contribution in [0.1, 0.15) is 58.8 Å². The number of carbonyl (C=O) groups is 1. The first-order valence-electron chi connectivity index (χ1n) is 6.89. The van der Waals surface area contributed by atoms with Crippen LogP contribution in [0.2, 0.25) is 0 Å². The predicted molar refractivity (Wildman–Crippen MR) is 68.2 cm³/mol. The first-order valence-corrected chi connectivity index (χ1v) is 6.89. The maximum absolute atomic E-state index is 12.3. The summed E-state index contributed by atoms with van der Waals surface area (Å²) in [6.07, 6.45) is 8.25. The monoisotopic (exact) mass is 225 g/mol. The first kappa shape index (κ1) is 13.7. The third kappa shape index (κ3) is 4.25. The van der Waals surface area contributed by atoms with Crippen LogP contribution in [0.15, 0.2) is 0 Å². The summed E-state index contributed by atoms with van der Waals surface area (Å²) < 4.78 is 0. The van der Waals surface area contributed by atoms with Gasteiger partial charge in [-0.2, -0.15) is 0 Å². The molecule has 0 spiro atoms. The molecule has 0 bridgehead atoms. The normalized spacial score (nSPS) is 20.8. The summed E-state index contributed by atoms with van der Waals surface area (Å²) in [5.74, 6) is 1.46. The van der Waals surface area contributed by atoms with Crippen molar-refractivity contribution < 1.29 is 4.79 Å². The lowest BCUT2D eigenvalue weighted by Gasteiger charge is -2.21. The number of hydrogen-bond acceptors (Lipinski definition) is 2. The molecule has 2 nitrogen and oxygen atoms in total. The van der Waals surface area contributed by atoms with E-state index in [1.54, 1.807) is 0 Å². The maximum Gasteiger partial charge on any atom is 0.140 e. The van der Waals surface area contributed by atoms with E-state index in [1.165, 1.54) is 25.7 Å². The summed E-state index contributed by atoms with van der Waals surface area (Å²) in [6, 6.07) is 0. The van der Waals surface area contributed by atoms with Crippen LogP contribution >= 0.6 is 0 Å². The van der Waals surface area contributed by atoms with Crippen LogP contribution in [0.5, 0.6) is 0 Å². The molecule has 0 aromatic heterocycles. The molecule has 0 aliphatic heterocycles. The zero-order chi connectivity index (χ0) is 12.0. The SMILES string of the molecule is CC(C)CC(CN)C(=O)C1CCCCCC1. The average Bonchev–Trinajstić information content (AvgIpc) is 2.53. The van der Waals surface area contributed by atoms with Gasteiger partial charge in [0.05, 0.1) is 0 Å². The Morgan fingerprint density at radius 3 is 2.19 bits per heavy atom. The van der Waals surface area contributed by atoms with Gasteiger partial charge < -0.3 is 5.73 Å². The van der Waals surface area contributed by atoms with Crippen molar-refractivity contribution in [2.24, 2.45) is 23.5 Å². The minimum absolute atomic E-state index is 0.114. The molecule has 0 aromatic carbocycles. The van der Waals surface area contributed by atoms with Crippen LogP contribution in [0.4, 0.5) is 0 Å². The van der Waals surface area contributed by atoms with Gasteiger partial charge in [0.1, 0.15) is 5.78 Å². The fraction of sp³-hybridized carbons (Fsp3) is 0.929. The highest BCUT2D eigenvalue weighted by atomic mass is 16.1. The molecule has 0 radical (unpaired) electrons. The zero-order valence-corrected chi connectivity index (χ0v) is 10.9. The Labute approximate surface area is 100.0 Å². The predicted octanol–water partition coefficient (Wildman–Crippen LogP) is 3.15. The van der Waals surface area contributed by atoms with Gasteiger partial charge >= 0.3 is 0 Å². The Kier molecular flexibility index (Phi) is 6.04. The summed E-state index contributed by atoms with van der Waals surface area (Å²) >= 11 is 0. The minimum atomic E-state index is 0.114. The van der Waals surface area contributed by atoms with Crippen molar-refractivity contribution >= 4 is 5.78 Å². The molecule has 0 saturated heterocycles. The van der Waals surface area contributed by atoms with Gasteiger partial charge in [0.25, 0.3) is 0 Å². The van der Waals surface area contributed by atoms with Gasteiger partial charge in [0, 0.05) is 18.4 Å². The molecule has 0 heterocycles. The van der Waals surface area contributed by atoms with E-state index >= 15 is 0 Å². The average molecular weight is 225 g/mol. The van der Waals surface area contributed by atoms with Crippen molar-refractivity contribution in [3.63, 3.8) is 0 Å². The van der Waals surface area contributed by atoms with Gasteiger partial charge in [-0.25, -0.2) is 0 Å². The Hall–Kier alpha value is -0.370. The number of nitrogens with two attached hydrogens (primary N) is 1. The summed E-state index contributed by atoms with van der Waals surface area (Å²) in [5.41, 5.74) is 5.75. The fourth-order valence-electron chi connectivity index (χ4n) is 2.79. The minimum Gasteiger partial charge on any atom is -0.330 e. The molecule has 16 heavy (non-hydrogen) atoms. The Morgan fingerprint density at radius 1 is 1.19 bits per heavy atom. The molecule has 1 aliphatic rings. The lowest BCUT2D eigenvalue weighted by Crippen LogP contribution is -2.30. The van der Waals surface area contributed by atoms with E-state index in [-0.39, 0.29) is 5.92 Å². The van der Waals surface area contributed by atoms with Gasteiger partial charge in [0.2, 0.25) is 0 Å². The molecule has 0 amide bonds. The zero-order valence-electron chi connectivity index (χ0n) is 10.9. The molecule has 0 aromatic rings. The summed E-state index contributed by atoms with van der Waals surface area (Å²) in [6.45, 7) is 4.87. The lowest BCUT2D eigenvalue weighted by molar-refractivity contribution is -0.127. The van der Waals surface area contributed by atoms with Crippen molar-refractivity contribution in [1.29, 1.82) is 0 Å². The van der Waals surface area contributed by atoms with E-state index in [0.29, 0.717) is 24.2 Å². The van der Waals surface area contributed by atoms with Crippen molar-refractivity contribution in [2.45, 2.75) is 58.8 Å². The standard InChI is InChI=1S/C14H27NO/c1-11(2)9-13(10-15)14(16)12-7-5-3-4-6-8-12/h11-13H,3-10,15H2,1-2H3. The van der Waals surface area contributed by atoms with Crippen LogP contribution < -0.4 is 5.73 Å². The molecular formula is C14H27NO. The van der Waals surface area contributed by atoms with Crippen LogP contribution in [0.25, 0.3) is 0 Å². The Morgan fingerprint density at radius 2 is 1.75 bits per heavy atom. The number of carbonyl (C=O) groups excluding carboxylic acids is 1. The summed E-state index contributed by atoms with van der Waals surface area (Å²) in [7, 11) is 0. The van der Waals surface area contributed by atoms with Crippen molar-refractivity contribution in [3.8, 4) is 0 Å². The second-order valence-electron chi connectivity index (χ2n) is 5.65. The molecule has 94 valence electrons. The third-order valence-corrected chi connectivity index (χ3v) is 3.70. The van der Waals surface area contributed by atoms with Gasteiger partial charge in [-0.05, 0) is 25.2 Å². The van der Waals surface area contributed by atoms with Crippen molar-refractivity contribution in [1.82, 2.24) is 0 Å².